The van der Waals surface area contributed by atoms with Crippen molar-refractivity contribution in [3.05, 3.63) is 66.0 Å². The molecule has 3 aromatic rings. The Labute approximate surface area is 244 Å². The molecule has 3 saturated heterocycles. The first-order valence-electron chi connectivity index (χ1n) is 14.1. The Balaban J connectivity index is 1.22. The SMILES string of the molecule is CS(=O)(=O)c1cc(Nc2cc(N3OCCC3c3cc(F)cc(F)c3)ncn2)cc(N2CCC(N3CCOCC3)CC2)c1. The molecule has 13 heteroatoms. The number of sulfone groups is 1. The third-order valence-corrected chi connectivity index (χ3v) is 9.13. The van der Waals surface area contributed by atoms with Crippen LogP contribution in [0.25, 0.3) is 0 Å². The van der Waals surface area contributed by atoms with E-state index in [1.807, 2.05) is 6.07 Å². The zero-order valence-electron chi connectivity index (χ0n) is 23.4. The van der Waals surface area contributed by atoms with Crippen LogP contribution in [-0.4, -0.2) is 81.6 Å². The summed E-state index contributed by atoms with van der Waals surface area (Å²) in [5.41, 5.74) is 1.84. The van der Waals surface area contributed by atoms with E-state index < -0.39 is 27.5 Å². The number of ether oxygens (including phenoxy) is 1. The van der Waals surface area contributed by atoms with E-state index in [1.165, 1.54) is 29.8 Å². The Hall–Kier alpha value is -3.39. The van der Waals surface area contributed by atoms with Crippen molar-refractivity contribution in [2.24, 2.45) is 0 Å². The third-order valence-electron chi connectivity index (χ3n) is 8.04. The molecule has 3 aliphatic heterocycles. The summed E-state index contributed by atoms with van der Waals surface area (Å²) < 4.78 is 58.6. The maximum absolute atomic E-state index is 13.9. The van der Waals surface area contributed by atoms with Crippen LogP contribution in [0, 0.1) is 11.6 Å². The van der Waals surface area contributed by atoms with Crippen molar-refractivity contribution >= 4 is 32.8 Å². The summed E-state index contributed by atoms with van der Waals surface area (Å²) in [5.74, 6) is -0.491. The zero-order chi connectivity index (χ0) is 29.3. The van der Waals surface area contributed by atoms with Crippen molar-refractivity contribution in [1.29, 1.82) is 0 Å². The highest BCUT2D eigenvalue weighted by atomic mass is 32.2. The van der Waals surface area contributed by atoms with E-state index in [0.29, 0.717) is 42.0 Å². The number of rotatable bonds is 7. The molecule has 1 atom stereocenters. The van der Waals surface area contributed by atoms with Crippen LogP contribution in [0.4, 0.5) is 31.8 Å². The number of benzene rings is 2. The molecule has 0 bridgehead atoms. The fraction of sp³-hybridized carbons (Fsp3) is 0.448. The average Bonchev–Trinajstić information content (AvgIpc) is 3.47. The van der Waals surface area contributed by atoms with Gasteiger partial charge in [-0.15, -0.1) is 0 Å². The fourth-order valence-corrected chi connectivity index (χ4v) is 6.61. The number of hydroxylamine groups is 1. The Morgan fingerprint density at radius 3 is 2.33 bits per heavy atom. The van der Waals surface area contributed by atoms with Crippen molar-refractivity contribution in [1.82, 2.24) is 14.9 Å². The standard InChI is InChI=1S/C29H34F2N6O4S/c1-42(38,39)26-16-23(15-25(17-26)35-5-2-24(3-6-35)36-7-10-40-11-8-36)34-28-18-29(33-19-32-28)37-27(4-9-41-37)20-12-21(30)14-22(31)13-20/h12-19,24,27H,2-11H2,1H3,(H,32,33,34). The van der Waals surface area contributed by atoms with Gasteiger partial charge in [0.1, 0.15) is 23.8 Å². The minimum Gasteiger partial charge on any atom is -0.379 e. The van der Waals surface area contributed by atoms with Crippen LogP contribution in [0.3, 0.4) is 0 Å². The lowest BCUT2D eigenvalue weighted by Crippen LogP contribution is -2.49. The zero-order valence-corrected chi connectivity index (χ0v) is 24.2. The Kier molecular flexibility index (Phi) is 8.26. The topological polar surface area (TPSA) is 100 Å². The Morgan fingerprint density at radius 2 is 1.62 bits per heavy atom. The number of halogens is 2. The van der Waals surface area contributed by atoms with E-state index in [-0.39, 0.29) is 4.90 Å². The molecule has 42 heavy (non-hydrogen) atoms. The summed E-state index contributed by atoms with van der Waals surface area (Å²) in [5, 5.41) is 4.75. The number of aromatic nitrogens is 2. The molecule has 3 fully saturated rings. The molecule has 0 saturated carbocycles. The van der Waals surface area contributed by atoms with Crippen molar-refractivity contribution in [3.8, 4) is 0 Å². The molecule has 224 valence electrons. The first-order valence-corrected chi connectivity index (χ1v) is 16.0. The second-order valence-corrected chi connectivity index (χ2v) is 12.9. The first kappa shape index (κ1) is 28.7. The number of hydrogen-bond donors (Lipinski definition) is 1. The average molecular weight is 601 g/mol. The Morgan fingerprint density at radius 1 is 0.881 bits per heavy atom. The molecule has 0 radical (unpaired) electrons. The lowest BCUT2D eigenvalue weighted by molar-refractivity contribution is 0.0115. The summed E-state index contributed by atoms with van der Waals surface area (Å²) >= 11 is 0. The predicted octanol–water partition coefficient (Wildman–Crippen LogP) is 4.09. The minimum absolute atomic E-state index is 0.211. The quantitative estimate of drug-likeness (QED) is 0.427. The van der Waals surface area contributed by atoms with Gasteiger partial charge in [-0.05, 0) is 48.7 Å². The fourth-order valence-electron chi connectivity index (χ4n) is 5.93. The maximum atomic E-state index is 13.9. The number of nitrogens with one attached hydrogen (secondary N) is 1. The van der Waals surface area contributed by atoms with Gasteiger partial charge in [0.05, 0.1) is 30.8 Å². The van der Waals surface area contributed by atoms with Gasteiger partial charge in [0.2, 0.25) is 0 Å². The number of piperidine rings is 1. The molecule has 2 aromatic carbocycles. The number of nitrogens with zero attached hydrogens (tertiary/aromatic N) is 5. The molecular formula is C29H34F2N6O4S. The van der Waals surface area contributed by atoms with Gasteiger partial charge in [-0.1, -0.05) is 0 Å². The normalized spacial score (nSPS) is 20.7. The molecule has 1 unspecified atom stereocenters. The van der Waals surface area contributed by atoms with Gasteiger partial charge in [0, 0.05) is 68.4 Å². The van der Waals surface area contributed by atoms with E-state index in [2.05, 4.69) is 25.1 Å². The Bertz CT molecular complexity index is 1510. The highest BCUT2D eigenvalue weighted by molar-refractivity contribution is 7.90. The van der Waals surface area contributed by atoms with Crippen molar-refractivity contribution in [2.75, 3.05) is 67.5 Å². The van der Waals surface area contributed by atoms with E-state index in [4.69, 9.17) is 9.57 Å². The second kappa shape index (κ2) is 12.1. The van der Waals surface area contributed by atoms with E-state index in [1.54, 1.807) is 18.2 Å². The summed E-state index contributed by atoms with van der Waals surface area (Å²) in [4.78, 5) is 19.4. The summed E-state index contributed by atoms with van der Waals surface area (Å²) in [6.45, 7) is 5.44. The molecule has 1 N–H and O–H groups in total. The lowest BCUT2D eigenvalue weighted by Gasteiger charge is -2.41. The largest absolute Gasteiger partial charge is 0.379 e. The molecule has 0 aliphatic carbocycles. The van der Waals surface area contributed by atoms with E-state index in [9.17, 15) is 17.2 Å². The van der Waals surface area contributed by atoms with Crippen LogP contribution in [0.5, 0.6) is 0 Å². The van der Waals surface area contributed by atoms with Gasteiger partial charge in [0.25, 0.3) is 0 Å². The minimum atomic E-state index is -3.48. The van der Waals surface area contributed by atoms with E-state index in [0.717, 1.165) is 64.0 Å². The van der Waals surface area contributed by atoms with Crippen LogP contribution < -0.4 is 15.3 Å². The summed E-state index contributed by atoms with van der Waals surface area (Å²) in [6.07, 6.45) is 5.07. The van der Waals surface area contributed by atoms with Gasteiger partial charge in [-0.25, -0.2) is 32.2 Å². The number of anilines is 4. The van der Waals surface area contributed by atoms with Gasteiger partial charge in [-0.2, -0.15) is 0 Å². The molecular weight excluding hydrogens is 566 g/mol. The first-order chi connectivity index (χ1) is 20.2. The van der Waals surface area contributed by atoms with Crippen molar-refractivity contribution in [3.63, 3.8) is 0 Å². The summed E-state index contributed by atoms with van der Waals surface area (Å²) in [6, 6.07) is 10.4. The monoisotopic (exact) mass is 600 g/mol. The molecule has 1 aromatic heterocycles. The third kappa shape index (κ3) is 6.48. The predicted molar refractivity (Wildman–Crippen MR) is 155 cm³/mol. The smallest absolute Gasteiger partial charge is 0.175 e. The lowest BCUT2D eigenvalue weighted by atomic mass is 10.0. The van der Waals surface area contributed by atoms with Gasteiger partial charge < -0.3 is 15.0 Å². The van der Waals surface area contributed by atoms with Gasteiger partial charge in [0.15, 0.2) is 15.7 Å². The number of morpholine rings is 1. The highest BCUT2D eigenvalue weighted by Gasteiger charge is 2.30. The molecule has 3 aliphatic rings. The second-order valence-electron chi connectivity index (χ2n) is 10.9. The number of hydrogen-bond acceptors (Lipinski definition) is 10. The molecule has 0 spiro atoms. The van der Waals surface area contributed by atoms with Crippen molar-refractivity contribution < 1.29 is 26.8 Å². The molecule has 4 heterocycles. The van der Waals surface area contributed by atoms with Gasteiger partial charge >= 0.3 is 0 Å². The summed E-state index contributed by atoms with van der Waals surface area (Å²) in [7, 11) is -3.48. The van der Waals surface area contributed by atoms with Crippen LogP contribution >= 0.6 is 0 Å². The van der Waals surface area contributed by atoms with Crippen LogP contribution in [0.15, 0.2) is 53.7 Å². The molecule has 0 amide bonds. The van der Waals surface area contributed by atoms with Gasteiger partial charge in [-0.3, -0.25) is 9.74 Å². The highest BCUT2D eigenvalue weighted by Crippen LogP contribution is 2.36. The van der Waals surface area contributed by atoms with Crippen molar-refractivity contribution in [2.45, 2.75) is 36.2 Å². The molecule has 10 nitrogen and oxygen atoms in total. The molecule has 6 rings (SSSR count). The maximum Gasteiger partial charge on any atom is 0.175 e. The van der Waals surface area contributed by atoms with Crippen LogP contribution in [0.2, 0.25) is 0 Å². The van der Waals surface area contributed by atoms with Crippen LogP contribution in [0.1, 0.15) is 30.9 Å². The van der Waals surface area contributed by atoms with Crippen LogP contribution in [-0.2, 0) is 19.4 Å². The van der Waals surface area contributed by atoms with E-state index >= 15 is 0 Å².